The van der Waals surface area contributed by atoms with Gasteiger partial charge in [-0.25, -0.2) is 0 Å². The van der Waals surface area contributed by atoms with E-state index in [1.807, 2.05) is 11.8 Å². The molecule has 1 aliphatic rings. The van der Waals surface area contributed by atoms with Crippen LogP contribution in [0.1, 0.15) is 17.5 Å². The first-order valence-electron chi connectivity index (χ1n) is 5.76. The van der Waals surface area contributed by atoms with Gasteiger partial charge < -0.3 is 10.5 Å². The van der Waals surface area contributed by atoms with Crippen LogP contribution in [0.15, 0.2) is 24.3 Å². The van der Waals surface area contributed by atoms with Crippen molar-refractivity contribution in [3.8, 4) is 0 Å². The lowest BCUT2D eigenvalue weighted by Crippen LogP contribution is -2.40. The molecule has 0 amide bonds. The molecule has 0 aliphatic carbocycles. The van der Waals surface area contributed by atoms with Gasteiger partial charge >= 0.3 is 0 Å². The molecular formula is C13H19NOS. The number of hydrogen-bond acceptors (Lipinski definition) is 3. The van der Waals surface area contributed by atoms with Crippen molar-refractivity contribution in [3.05, 3.63) is 35.4 Å². The number of rotatable bonds is 3. The van der Waals surface area contributed by atoms with Gasteiger partial charge in [0.2, 0.25) is 0 Å². The number of benzene rings is 1. The predicted molar refractivity (Wildman–Crippen MR) is 69.7 cm³/mol. The number of aryl methyl sites for hydroxylation is 1. The van der Waals surface area contributed by atoms with Gasteiger partial charge in [0.15, 0.2) is 0 Å². The Hall–Kier alpha value is -0.510. The lowest BCUT2D eigenvalue weighted by atomic mass is 10.1. The van der Waals surface area contributed by atoms with Gasteiger partial charge in [0.25, 0.3) is 0 Å². The van der Waals surface area contributed by atoms with E-state index >= 15 is 0 Å². The molecule has 1 aromatic rings. The van der Waals surface area contributed by atoms with E-state index < -0.39 is 0 Å². The van der Waals surface area contributed by atoms with Crippen LogP contribution in [0.3, 0.4) is 0 Å². The Morgan fingerprint density at radius 3 is 3.12 bits per heavy atom. The number of nitrogens with two attached hydrogens (primary N) is 1. The highest BCUT2D eigenvalue weighted by atomic mass is 32.2. The normalized spacial score (nSPS) is 25.6. The molecule has 1 fully saturated rings. The van der Waals surface area contributed by atoms with Gasteiger partial charge in [-0.3, -0.25) is 0 Å². The summed E-state index contributed by atoms with van der Waals surface area (Å²) in [7, 11) is 0. The van der Waals surface area contributed by atoms with E-state index in [1.165, 1.54) is 11.1 Å². The van der Waals surface area contributed by atoms with Crippen molar-refractivity contribution in [1.82, 2.24) is 0 Å². The lowest BCUT2D eigenvalue weighted by Gasteiger charge is -2.28. The van der Waals surface area contributed by atoms with Crippen LogP contribution in [0.4, 0.5) is 0 Å². The molecule has 16 heavy (non-hydrogen) atoms. The standard InChI is InChI=1S/C13H19NOS/c1-10-3-2-4-11(7-10)9-16-13-8-15-6-5-12(13)14/h2-4,7,12-13H,5-6,8-9,14H2,1H3. The van der Waals surface area contributed by atoms with Crippen molar-refractivity contribution >= 4 is 11.8 Å². The maximum absolute atomic E-state index is 6.07. The Morgan fingerprint density at radius 2 is 2.38 bits per heavy atom. The lowest BCUT2D eigenvalue weighted by molar-refractivity contribution is 0.0916. The summed E-state index contributed by atoms with van der Waals surface area (Å²) in [5.74, 6) is 1.03. The Balaban J connectivity index is 1.86. The van der Waals surface area contributed by atoms with E-state index in [-0.39, 0.29) is 0 Å². The highest BCUT2D eigenvalue weighted by molar-refractivity contribution is 7.99. The van der Waals surface area contributed by atoms with Gasteiger partial charge in [-0.15, -0.1) is 11.8 Å². The van der Waals surface area contributed by atoms with Crippen molar-refractivity contribution in [2.24, 2.45) is 5.73 Å². The average molecular weight is 237 g/mol. The molecule has 2 unspecified atom stereocenters. The number of thioether (sulfide) groups is 1. The van der Waals surface area contributed by atoms with Gasteiger partial charge in [0.1, 0.15) is 0 Å². The van der Waals surface area contributed by atoms with Crippen molar-refractivity contribution in [2.45, 2.75) is 30.4 Å². The van der Waals surface area contributed by atoms with E-state index in [1.54, 1.807) is 0 Å². The van der Waals surface area contributed by atoms with Crippen LogP contribution in [0.2, 0.25) is 0 Å². The summed E-state index contributed by atoms with van der Waals surface area (Å²) in [5, 5.41) is 0.453. The van der Waals surface area contributed by atoms with Crippen LogP contribution in [0.5, 0.6) is 0 Å². The third-order valence-electron chi connectivity index (χ3n) is 2.90. The molecule has 1 aromatic carbocycles. The molecule has 2 rings (SSSR count). The van der Waals surface area contributed by atoms with Gasteiger partial charge in [-0.1, -0.05) is 29.8 Å². The summed E-state index contributed by atoms with van der Waals surface area (Å²) >= 11 is 1.92. The Bertz CT molecular complexity index is 342. The van der Waals surface area contributed by atoms with Gasteiger partial charge in [0.05, 0.1) is 6.61 Å². The second-order valence-electron chi connectivity index (χ2n) is 4.37. The first-order chi connectivity index (χ1) is 7.75. The maximum atomic E-state index is 6.07. The molecule has 1 heterocycles. The van der Waals surface area contributed by atoms with E-state index in [2.05, 4.69) is 31.2 Å². The van der Waals surface area contributed by atoms with Crippen LogP contribution >= 0.6 is 11.8 Å². The molecule has 1 saturated heterocycles. The fraction of sp³-hybridized carbons (Fsp3) is 0.538. The van der Waals surface area contributed by atoms with Crippen molar-refractivity contribution in [3.63, 3.8) is 0 Å². The quantitative estimate of drug-likeness (QED) is 0.876. The van der Waals surface area contributed by atoms with Crippen molar-refractivity contribution in [1.29, 1.82) is 0 Å². The topological polar surface area (TPSA) is 35.2 Å². The molecule has 0 aromatic heterocycles. The Morgan fingerprint density at radius 1 is 1.50 bits per heavy atom. The highest BCUT2D eigenvalue weighted by Gasteiger charge is 2.22. The van der Waals surface area contributed by atoms with Crippen molar-refractivity contribution < 1.29 is 4.74 Å². The molecule has 0 spiro atoms. The van der Waals surface area contributed by atoms with Crippen LogP contribution in [-0.4, -0.2) is 24.5 Å². The van der Waals surface area contributed by atoms with E-state index in [0.717, 1.165) is 25.4 Å². The second-order valence-corrected chi connectivity index (χ2v) is 5.59. The number of hydrogen-bond donors (Lipinski definition) is 1. The van der Waals surface area contributed by atoms with E-state index in [4.69, 9.17) is 10.5 Å². The van der Waals surface area contributed by atoms with Crippen LogP contribution in [0, 0.1) is 6.92 Å². The van der Waals surface area contributed by atoms with Gasteiger partial charge in [0, 0.05) is 23.7 Å². The van der Waals surface area contributed by atoms with Gasteiger partial charge in [-0.05, 0) is 18.9 Å². The average Bonchev–Trinajstić information content (AvgIpc) is 2.28. The number of ether oxygens (including phenoxy) is 1. The largest absolute Gasteiger partial charge is 0.380 e. The minimum Gasteiger partial charge on any atom is -0.380 e. The Labute approximate surface area is 102 Å². The zero-order valence-electron chi connectivity index (χ0n) is 9.69. The van der Waals surface area contributed by atoms with Crippen LogP contribution in [0.25, 0.3) is 0 Å². The summed E-state index contributed by atoms with van der Waals surface area (Å²) in [4.78, 5) is 0. The first kappa shape index (κ1) is 12.0. The summed E-state index contributed by atoms with van der Waals surface area (Å²) in [6.45, 7) is 3.75. The highest BCUT2D eigenvalue weighted by Crippen LogP contribution is 2.24. The molecule has 88 valence electrons. The fourth-order valence-corrected chi connectivity index (χ4v) is 3.07. The summed E-state index contributed by atoms with van der Waals surface area (Å²) in [6, 6.07) is 8.95. The fourth-order valence-electron chi connectivity index (χ4n) is 1.91. The molecule has 2 N–H and O–H groups in total. The van der Waals surface area contributed by atoms with Crippen LogP contribution in [-0.2, 0) is 10.5 Å². The molecule has 0 bridgehead atoms. The Kier molecular flexibility index (Phi) is 4.27. The molecule has 1 aliphatic heterocycles. The maximum Gasteiger partial charge on any atom is 0.0600 e. The minimum atomic E-state index is 0.295. The summed E-state index contributed by atoms with van der Waals surface area (Å²) in [5.41, 5.74) is 8.77. The van der Waals surface area contributed by atoms with E-state index in [0.29, 0.717) is 11.3 Å². The smallest absolute Gasteiger partial charge is 0.0600 e. The third kappa shape index (κ3) is 3.24. The molecule has 2 atom stereocenters. The minimum absolute atomic E-state index is 0.295. The zero-order chi connectivity index (χ0) is 11.4. The molecule has 0 saturated carbocycles. The predicted octanol–water partition coefficient (Wildman–Crippen LogP) is 2.34. The molecule has 0 radical (unpaired) electrons. The summed E-state index contributed by atoms with van der Waals surface area (Å²) < 4.78 is 5.46. The molecule has 3 heteroatoms. The third-order valence-corrected chi connectivity index (χ3v) is 4.32. The summed E-state index contributed by atoms with van der Waals surface area (Å²) in [6.07, 6.45) is 0.992. The van der Waals surface area contributed by atoms with E-state index in [9.17, 15) is 0 Å². The monoisotopic (exact) mass is 237 g/mol. The SMILES string of the molecule is Cc1cccc(CSC2COCCC2N)c1. The van der Waals surface area contributed by atoms with Crippen molar-refractivity contribution in [2.75, 3.05) is 13.2 Å². The van der Waals surface area contributed by atoms with Crippen LogP contribution < -0.4 is 5.73 Å². The first-order valence-corrected chi connectivity index (χ1v) is 6.81. The zero-order valence-corrected chi connectivity index (χ0v) is 10.5. The van der Waals surface area contributed by atoms with Gasteiger partial charge in [-0.2, -0.15) is 0 Å². The molecular weight excluding hydrogens is 218 g/mol. The second kappa shape index (κ2) is 5.71. The molecule has 2 nitrogen and oxygen atoms in total.